The summed E-state index contributed by atoms with van der Waals surface area (Å²) in [7, 11) is 0. The Bertz CT molecular complexity index is 1080. The molecule has 1 saturated carbocycles. The van der Waals surface area contributed by atoms with E-state index in [2.05, 4.69) is 32.9 Å². The lowest BCUT2D eigenvalue weighted by Crippen LogP contribution is -2.36. The number of amides is 1. The molecule has 30 heavy (non-hydrogen) atoms. The first-order valence-electron chi connectivity index (χ1n) is 10.1. The van der Waals surface area contributed by atoms with Gasteiger partial charge < -0.3 is 14.6 Å². The molecule has 1 saturated heterocycles. The molecule has 2 aliphatic rings. The number of oxazole rings is 1. The minimum atomic E-state index is -0.366. The van der Waals surface area contributed by atoms with Crippen LogP contribution in [0.25, 0.3) is 11.3 Å². The van der Waals surface area contributed by atoms with Gasteiger partial charge in [0.2, 0.25) is 0 Å². The first kappa shape index (κ1) is 18.4. The van der Waals surface area contributed by atoms with Gasteiger partial charge in [-0.25, -0.2) is 4.98 Å². The van der Waals surface area contributed by atoms with Crippen LogP contribution in [0.1, 0.15) is 41.4 Å². The van der Waals surface area contributed by atoms with Gasteiger partial charge in [0.25, 0.3) is 5.89 Å². The van der Waals surface area contributed by atoms with Gasteiger partial charge in [-0.2, -0.15) is 5.26 Å². The minimum absolute atomic E-state index is 0.0406. The number of carbonyl (C=O) groups excluding carboxylic acids is 1. The number of rotatable bonds is 6. The third-order valence-electron chi connectivity index (χ3n) is 5.69. The number of benzene rings is 1. The second-order valence-electron chi connectivity index (χ2n) is 7.83. The van der Waals surface area contributed by atoms with Crippen LogP contribution in [0.2, 0.25) is 0 Å². The Labute approximate surface area is 173 Å². The minimum Gasteiger partial charge on any atom is -0.432 e. The zero-order valence-electron chi connectivity index (χ0n) is 16.3. The molecular formula is C21H21N7O2. The average Bonchev–Trinajstić information content (AvgIpc) is 3.14. The third-order valence-corrected chi connectivity index (χ3v) is 5.69. The number of carbonyl (C=O) groups is 1. The van der Waals surface area contributed by atoms with E-state index in [1.165, 1.54) is 18.4 Å². The molecule has 1 amide bonds. The van der Waals surface area contributed by atoms with Crippen molar-refractivity contribution in [2.24, 2.45) is 0 Å². The number of nitrogens with zero attached hydrogens (tertiary/aromatic N) is 6. The van der Waals surface area contributed by atoms with E-state index in [1.807, 2.05) is 18.2 Å². The second-order valence-corrected chi connectivity index (χ2v) is 7.83. The van der Waals surface area contributed by atoms with Gasteiger partial charge in [0, 0.05) is 24.3 Å². The molecule has 0 radical (unpaired) electrons. The van der Waals surface area contributed by atoms with Crippen molar-refractivity contribution in [3.63, 3.8) is 0 Å². The largest absolute Gasteiger partial charge is 0.432 e. The highest BCUT2D eigenvalue weighted by Gasteiger charge is 2.34. The normalized spacial score (nSPS) is 20.8. The number of hydrogen-bond acceptors (Lipinski definition) is 7. The predicted octanol–water partition coefficient (Wildman–Crippen LogP) is 2.16. The molecule has 1 aliphatic heterocycles. The van der Waals surface area contributed by atoms with Crippen LogP contribution in [0, 0.1) is 11.5 Å². The van der Waals surface area contributed by atoms with Crippen molar-refractivity contribution in [3.05, 3.63) is 54.3 Å². The maximum Gasteiger partial charge on any atom is 0.307 e. The van der Waals surface area contributed by atoms with Crippen molar-refractivity contribution >= 4 is 5.91 Å². The van der Waals surface area contributed by atoms with Gasteiger partial charge in [0.15, 0.2) is 12.0 Å². The fourth-order valence-electron chi connectivity index (χ4n) is 4.09. The molecule has 152 valence electrons. The van der Waals surface area contributed by atoms with Gasteiger partial charge in [-0.15, -0.1) is 5.10 Å². The predicted molar refractivity (Wildman–Crippen MR) is 106 cm³/mol. The summed E-state index contributed by atoms with van der Waals surface area (Å²) in [6.07, 6.45) is 10.2. The van der Waals surface area contributed by atoms with Gasteiger partial charge >= 0.3 is 5.91 Å². The van der Waals surface area contributed by atoms with Crippen LogP contribution < -0.4 is 5.32 Å². The van der Waals surface area contributed by atoms with Crippen LogP contribution in [0.15, 0.2) is 47.3 Å². The van der Waals surface area contributed by atoms with Gasteiger partial charge in [0.1, 0.15) is 0 Å². The molecule has 3 aromatic rings. The molecule has 3 heterocycles. The lowest BCUT2D eigenvalue weighted by Gasteiger charge is -2.16. The lowest BCUT2D eigenvalue weighted by atomic mass is 10.0. The number of aromatic nitrogens is 4. The van der Waals surface area contributed by atoms with Crippen molar-refractivity contribution in [1.82, 2.24) is 30.2 Å². The van der Waals surface area contributed by atoms with Crippen LogP contribution in [0.3, 0.4) is 0 Å². The van der Waals surface area contributed by atoms with E-state index in [0.29, 0.717) is 31.2 Å². The second kappa shape index (κ2) is 7.63. The van der Waals surface area contributed by atoms with E-state index in [1.54, 1.807) is 28.2 Å². The summed E-state index contributed by atoms with van der Waals surface area (Å²) in [4.78, 5) is 18.6. The number of nitrogens with one attached hydrogen (secondary N) is 1. The van der Waals surface area contributed by atoms with E-state index in [4.69, 9.17) is 4.42 Å². The average molecular weight is 403 g/mol. The van der Waals surface area contributed by atoms with Gasteiger partial charge in [-0.1, -0.05) is 29.5 Å². The molecule has 2 fully saturated rings. The van der Waals surface area contributed by atoms with Crippen LogP contribution in [0.5, 0.6) is 0 Å². The maximum atomic E-state index is 12.7. The van der Waals surface area contributed by atoms with Crippen LogP contribution >= 0.6 is 0 Å². The van der Waals surface area contributed by atoms with E-state index in [-0.39, 0.29) is 23.9 Å². The molecule has 1 N–H and O–H groups in total. The first-order chi connectivity index (χ1) is 14.7. The maximum absolute atomic E-state index is 12.7. The van der Waals surface area contributed by atoms with Crippen molar-refractivity contribution in [3.8, 4) is 17.5 Å². The molecule has 2 aromatic heterocycles. The summed E-state index contributed by atoms with van der Waals surface area (Å²) in [6.45, 7) is 0.987. The van der Waals surface area contributed by atoms with Crippen LogP contribution in [-0.4, -0.2) is 49.4 Å². The summed E-state index contributed by atoms with van der Waals surface area (Å²) < 4.78 is 7.49. The van der Waals surface area contributed by atoms with Crippen molar-refractivity contribution in [2.75, 3.05) is 6.54 Å². The Balaban J connectivity index is 1.26. The highest BCUT2D eigenvalue weighted by molar-refractivity contribution is 5.90. The Morgan fingerprint density at radius 2 is 2.20 bits per heavy atom. The summed E-state index contributed by atoms with van der Waals surface area (Å²) in [6, 6.07) is 7.89. The Morgan fingerprint density at radius 1 is 1.33 bits per heavy atom. The smallest absolute Gasteiger partial charge is 0.307 e. The van der Waals surface area contributed by atoms with Gasteiger partial charge in [-0.05, 0) is 30.7 Å². The Hall–Kier alpha value is -3.67. The van der Waals surface area contributed by atoms with Crippen molar-refractivity contribution < 1.29 is 9.21 Å². The number of likely N-dealkylation sites (tertiary alicyclic amines) is 1. The summed E-state index contributed by atoms with van der Waals surface area (Å²) in [5.74, 6) is 0.853. The van der Waals surface area contributed by atoms with Gasteiger partial charge in [-0.3, -0.25) is 9.48 Å². The van der Waals surface area contributed by atoms with E-state index < -0.39 is 0 Å². The molecule has 0 unspecified atom stereocenters. The van der Waals surface area contributed by atoms with Crippen molar-refractivity contribution in [1.29, 1.82) is 5.26 Å². The lowest BCUT2D eigenvalue weighted by molar-refractivity contribution is 0.0904. The summed E-state index contributed by atoms with van der Waals surface area (Å²) in [5, 5.41) is 20.1. The Kier molecular flexibility index (Phi) is 4.67. The molecule has 9 heteroatoms. The summed E-state index contributed by atoms with van der Waals surface area (Å²) >= 11 is 0. The molecule has 0 spiro atoms. The highest BCUT2D eigenvalue weighted by Crippen LogP contribution is 2.44. The molecule has 1 aliphatic carbocycles. The third kappa shape index (κ3) is 3.64. The molecular weight excluding hydrogens is 382 g/mol. The standard InChI is InChI=1S/C21H21N7O2/c22-13-27-11-15(9-16(27)12-28-8-7-24-26-28)25-20(29)21-23-10-19(30-21)18-4-2-1-3-17(18)14-5-6-14/h1-4,7-8,10,14-16H,5-6,9,11-12H2,(H,25,29)/t15-,16+/m1/s1. The molecule has 5 rings (SSSR count). The fourth-order valence-corrected chi connectivity index (χ4v) is 4.09. The monoisotopic (exact) mass is 403 g/mol. The fraction of sp³-hybridized carbons (Fsp3) is 0.381. The Morgan fingerprint density at radius 3 is 2.97 bits per heavy atom. The quantitative estimate of drug-likeness (QED) is 0.628. The molecule has 1 aromatic carbocycles. The summed E-state index contributed by atoms with van der Waals surface area (Å²) in [5.41, 5.74) is 2.24. The SMILES string of the molecule is N#CN1C[C@H](NC(=O)c2ncc(-c3ccccc3C3CC3)o2)C[C@H]1Cn1ccnn1. The topological polar surface area (TPSA) is 113 Å². The molecule has 0 bridgehead atoms. The first-order valence-corrected chi connectivity index (χ1v) is 10.1. The van der Waals surface area contributed by atoms with Crippen LogP contribution in [-0.2, 0) is 6.54 Å². The van der Waals surface area contributed by atoms with Crippen LogP contribution in [0.4, 0.5) is 0 Å². The zero-order valence-corrected chi connectivity index (χ0v) is 16.3. The van der Waals surface area contributed by atoms with Gasteiger partial charge in [0.05, 0.1) is 25.0 Å². The zero-order chi connectivity index (χ0) is 20.5. The van der Waals surface area contributed by atoms with E-state index >= 15 is 0 Å². The number of hydrogen-bond donors (Lipinski definition) is 1. The van der Waals surface area contributed by atoms with E-state index in [0.717, 1.165) is 5.56 Å². The van der Waals surface area contributed by atoms with E-state index in [9.17, 15) is 10.1 Å². The highest BCUT2D eigenvalue weighted by atomic mass is 16.4. The number of nitriles is 1. The molecule has 2 atom stereocenters. The van der Waals surface area contributed by atoms with Crippen molar-refractivity contribution in [2.45, 2.75) is 43.8 Å². The molecule has 9 nitrogen and oxygen atoms in total.